The summed E-state index contributed by atoms with van der Waals surface area (Å²) in [7, 11) is 0. The molecule has 0 atom stereocenters. The van der Waals surface area contributed by atoms with Crippen molar-refractivity contribution in [1.29, 1.82) is 0 Å². The van der Waals surface area contributed by atoms with Gasteiger partial charge >= 0.3 is 0 Å². The van der Waals surface area contributed by atoms with Crippen LogP contribution >= 0.6 is 23.1 Å². The summed E-state index contributed by atoms with van der Waals surface area (Å²) >= 11 is 2.86. The molecule has 2 aromatic rings. The van der Waals surface area contributed by atoms with Crippen LogP contribution in [0.15, 0.2) is 46.7 Å². The van der Waals surface area contributed by atoms with Crippen molar-refractivity contribution in [3.8, 4) is 0 Å². The minimum Gasteiger partial charge on any atom is -0.350 e. The Morgan fingerprint density at radius 1 is 1.11 bits per heavy atom. The first-order valence-corrected chi connectivity index (χ1v) is 10.7. The summed E-state index contributed by atoms with van der Waals surface area (Å²) in [6.07, 6.45) is 0. The predicted molar refractivity (Wildman–Crippen MR) is 107 cm³/mol. The second kappa shape index (κ2) is 9.87. The molecular formula is C19H22FN3O2S2. The Labute approximate surface area is 166 Å². The van der Waals surface area contributed by atoms with Gasteiger partial charge in [-0.15, -0.1) is 23.1 Å². The fourth-order valence-corrected chi connectivity index (χ4v) is 4.25. The highest BCUT2D eigenvalue weighted by atomic mass is 32.2. The number of rotatable bonds is 7. The lowest BCUT2D eigenvalue weighted by atomic mass is 10.3. The summed E-state index contributed by atoms with van der Waals surface area (Å²) in [4.78, 5) is 30.0. The average Bonchev–Trinajstić information content (AvgIpc) is 3.23. The van der Waals surface area contributed by atoms with Crippen molar-refractivity contribution in [2.45, 2.75) is 4.90 Å². The Bertz CT molecular complexity index is 745. The fourth-order valence-electron chi connectivity index (χ4n) is 2.81. The molecule has 2 amide bonds. The molecule has 0 spiro atoms. The summed E-state index contributed by atoms with van der Waals surface area (Å²) in [6, 6.07) is 9.87. The largest absolute Gasteiger partial charge is 0.350 e. The molecule has 1 saturated heterocycles. The molecular weight excluding hydrogens is 385 g/mol. The van der Waals surface area contributed by atoms with Gasteiger partial charge in [0.15, 0.2) is 0 Å². The summed E-state index contributed by atoms with van der Waals surface area (Å²) in [5, 5.41) is 4.82. The van der Waals surface area contributed by atoms with E-state index in [0.717, 1.165) is 29.4 Å². The second-order valence-electron chi connectivity index (χ2n) is 6.20. The predicted octanol–water partition coefficient (Wildman–Crippen LogP) is 2.55. The van der Waals surface area contributed by atoms with Gasteiger partial charge < -0.3 is 10.2 Å². The number of carbonyl (C=O) groups is 2. The van der Waals surface area contributed by atoms with Crippen LogP contribution < -0.4 is 5.32 Å². The number of halogens is 1. The van der Waals surface area contributed by atoms with Gasteiger partial charge in [-0.25, -0.2) is 4.39 Å². The van der Waals surface area contributed by atoms with Gasteiger partial charge in [0.1, 0.15) is 5.82 Å². The van der Waals surface area contributed by atoms with E-state index in [-0.39, 0.29) is 17.6 Å². The lowest BCUT2D eigenvalue weighted by Gasteiger charge is -2.34. The summed E-state index contributed by atoms with van der Waals surface area (Å²) in [6.45, 7) is 4.39. The Hall–Kier alpha value is -1.90. The molecule has 1 aliphatic heterocycles. The molecule has 27 heavy (non-hydrogen) atoms. The van der Waals surface area contributed by atoms with Gasteiger partial charge in [-0.2, -0.15) is 0 Å². The minimum absolute atomic E-state index is 0.0309. The van der Waals surface area contributed by atoms with E-state index < -0.39 is 0 Å². The number of nitrogens with one attached hydrogen (secondary N) is 1. The number of amides is 2. The van der Waals surface area contributed by atoms with Gasteiger partial charge in [0.25, 0.3) is 5.91 Å². The van der Waals surface area contributed by atoms with E-state index in [1.807, 2.05) is 22.4 Å². The third-order valence-corrected chi connectivity index (χ3v) is 6.22. The maximum absolute atomic E-state index is 12.9. The third-order valence-electron chi connectivity index (χ3n) is 4.36. The fraction of sp³-hybridized carbons (Fsp3) is 0.368. The molecule has 1 N–H and O–H groups in total. The molecule has 1 fully saturated rings. The van der Waals surface area contributed by atoms with E-state index in [1.165, 1.54) is 35.2 Å². The number of nitrogens with zero attached hydrogens (tertiary/aromatic N) is 2. The summed E-state index contributed by atoms with van der Waals surface area (Å²) < 4.78 is 12.9. The molecule has 0 unspecified atom stereocenters. The smallest absolute Gasteiger partial charge is 0.261 e. The number of hydrogen-bond acceptors (Lipinski definition) is 5. The molecule has 8 heteroatoms. The highest BCUT2D eigenvalue weighted by Crippen LogP contribution is 2.19. The van der Waals surface area contributed by atoms with Crippen LogP contribution in [0, 0.1) is 5.82 Å². The van der Waals surface area contributed by atoms with E-state index >= 15 is 0 Å². The zero-order valence-electron chi connectivity index (χ0n) is 14.9. The first-order chi connectivity index (χ1) is 13.1. The normalized spacial score (nSPS) is 14.9. The van der Waals surface area contributed by atoms with E-state index in [4.69, 9.17) is 0 Å². The molecule has 0 aliphatic carbocycles. The Morgan fingerprint density at radius 2 is 1.85 bits per heavy atom. The van der Waals surface area contributed by atoms with Crippen molar-refractivity contribution in [3.63, 3.8) is 0 Å². The summed E-state index contributed by atoms with van der Waals surface area (Å²) in [5.41, 5.74) is 0. The van der Waals surface area contributed by atoms with Crippen molar-refractivity contribution < 1.29 is 14.0 Å². The van der Waals surface area contributed by atoms with Gasteiger partial charge in [-0.1, -0.05) is 6.07 Å². The number of thioether (sulfide) groups is 1. The zero-order valence-corrected chi connectivity index (χ0v) is 16.5. The molecule has 0 bridgehead atoms. The molecule has 1 aliphatic rings. The van der Waals surface area contributed by atoms with Crippen LogP contribution in [0.4, 0.5) is 4.39 Å². The van der Waals surface area contributed by atoms with Crippen LogP contribution in [0.2, 0.25) is 0 Å². The zero-order chi connectivity index (χ0) is 19.1. The van der Waals surface area contributed by atoms with Crippen LogP contribution in [0.1, 0.15) is 9.67 Å². The van der Waals surface area contributed by atoms with Crippen LogP contribution in [-0.2, 0) is 4.79 Å². The molecule has 1 aromatic carbocycles. The van der Waals surface area contributed by atoms with Crippen LogP contribution in [0.3, 0.4) is 0 Å². The van der Waals surface area contributed by atoms with Crippen molar-refractivity contribution in [1.82, 2.24) is 15.1 Å². The lowest BCUT2D eigenvalue weighted by molar-refractivity contribution is -0.130. The number of piperazine rings is 1. The number of hydrogen-bond donors (Lipinski definition) is 1. The van der Waals surface area contributed by atoms with Gasteiger partial charge in [0.05, 0.1) is 10.6 Å². The van der Waals surface area contributed by atoms with Crippen LogP contribution in [0.5, 0.6) is 0 Å². The molecule has 3 rings (SSSR count). The molecule has 2 heterocycles. The van der Waals surface area contributed by atoms with Crippen molar-refractivity contribution >= 4 is 34.9 Å². The topological polar surface area (TPSA) is 52.7 Å². The first-order valence-electron chi connectivity index (χ1n) is 8.82. The number of carbonyl (C=O) groups excluding carboxylic acids is 2. The Kier molecular flexibility index (Phi) is 7.25. The van der Waals surface area contributed by atoms with Crippen LogP contribution in [-0.4, -0.2) is 66.6 Å². The van der Waals surface area contributed by atoms with Crippen molar-refractivity contribution in [2.24, 2.45) is 0 Å². The monoisotopic (exact) mass is 407 g/mol. The summed E-state index contributed by atoms with van der Waals surface area (Å²) in [5.74, 6) is 0.169. The van der Waals surface area contributed by atoms with Gasteiger partial charge in [-0.05, 0) is 35.7 Å². The van der Waals surface area contributed by atoms with E-state index in [2.05, 4.69) is 10.2 Å². The van der Waals surface area contributed by atoms with E-state index in [1.54, 1.807) is 12.1 Å². The highest BCUT2D eigenvalue weighted by Gasteiger charge is 2.21. The number of thiophene rings is 1. The minimum atomic E-state index is -0.270. The molecule has 1 aromatic heterocycles. The molecule has 0 saturated carbocycles. The molecule has 144 valence electrons. The standard InChI is InChI=1S/C19H22FN3O2S2/c20-15-3-5-16(6-4-15)27-14-18(24)23-11-9-22(10-12-23)8-7-21-19(25)17-2-1-13-26-17/h1-6,13H,7-12,14H2,(H,21,25). The van der Waals surface area contributed by atoms with Crippen molar-refractivity contribution in [2.75, 3.05) is 45.0 Å². The van der Waals surface area contributed by atoms with E-state index in [9.17, 15) is 14.0 Å². The molecule has 5 nitrogen and oxygen atoms in total. The Morgan fingerprint density at radius 3 is 2.52 bits per heavy atom. The average molecular weight is 408 g/mol. The first kappa shape index (κ1) is 19.9. The third kappa shape index (κ3) is 6.05. The second-order valence-corrected chi connectivity index (χ2v) is 8.19. The SMILES string of the molecule is O=C(NCCN1CCN(C(=O)CSc2ccc(F)cc2)CC1)c1cccs1. The van der Waals surface area contributed by atoms with Gasteiger partial charge in [0.2, 0.25) is 5.91 Å². The van der Waals surface area contributed by atoms with Gasteiger partial charge in [0, 0.05) is 44.2 Å². The quantitative estimate of drug-likeness (QED) is 0.717. The maximum atomic E-state index is 12.9. The van der Waals surface area contributed by atoms with Crippen LogP contribution in [0.25, 0.3) is 0 Å². The van der Waals surface area contributed by atoms with Crippen molar-refractivity contribution in [3.05, 3.63) is 52.5 Å². The van der Waals surface area contributed by atoms with E-state index in [0.29, 0.717) is 25.4 Å². The Balaban J connectivity index is 1.32. The maximum Gasteiger partial charge on any atom is 0.261 e. The number of benzene rings is 1. The van der Waals surface area contributed by atoms with Gasteiger partial charge in [-0.3, -0.25) is 14.5 Å². The molecule has 0 radical (unpaired) electrons. The lowest BCUT2D eigenvalue weighted by Crippen LogP contribution is -2.50. The highest BCUT2D eigenvalue weighted by molar-refractivity contribution is 8.00.